The van der Waals surface area contributed by atoms with Crippen LogP contribution in [0.15, 0.2) is 0 Å². The van der Waals surface area contributed by atoms with Gasteiger partial charge in [-0.05, 0) is 51.7 Å². The SMILES string of the molecule is CSCCC(NC(=O)C1CCCN(CC(=O)Nc2nc(C)c(C)s2)C1)C(=O)O. The Balaban J connectivity index is 1.85. The number of likely N-dealkylation sites (tertiary alicyclic amines) is 1. The summed E-state index contributed by atoms with van der Waals surface area (Å²) in [5, 5.41) is 15.3. The van der Waals surface area contributed by atoms with Crippen molar-refractivity contribution in [1.29, 1.82) is 0 Å². The first-order chi connectivity index (χ1) is 13.3. The number of nitrogens with zero attached hydrogens (tertiary/aromatic N) is 2. The summed E-state index contributed by atoms with van der Waals surface area (Å²) in [5.41, 5.74) is 0.907. The molecular weight excluding hydrogens is 400 g/mol. The fourth-order valence-corrected chi connectivity index (χ4v) is 4.39. The van der Waals surface area contributed by atoms with Crippen molar-refractivity contribution in [3.8, 4) is 0 Å². The molecule has 1 aliphatic heterocycles. The minimum absolute atomic E-state index is 0.154. The number of hydrogen-bond donors (Lipinski definition) is 3. The molecule has 2 heterocycles. The summed E-state index contributed by atoms with van der Waals surface area (Å²) in [6, 6.07) is -0.866. The van der Waals surface area contributed by atoms with Crippen molar-refractivity contribution in [2.75, 3.05) is 37.0 Å². The van der Waals surface area contributed by atoms with Crippen molar-refractivity contribution in [2.24, 2.45) is 5.92 Å². The summed E-state index contributed by atoms with van der Waals surface area (Å²) >= 11 is 2.99. The summed E-state index contributed by atoms with van der Waals surface area (Å²) in [7, 11) is 0. The lowest BCUT2D eigenvalue weighted by Gasteiger charge is -2.32. The molecule has 0 aromatic carbocycles. The summed E-state index contributed by atoms with van der Waals surface area (Å²) < 4.78 is 0. The van der Waals surface area contributed by atoms with E-state index in [0.29, 0.717) is 30.3 Å². The van der Waals surface area contributed by atoms with E-state index in [0.717, 1.165) is 23.5 Å². The lowest BCUT2D eigenvalue weighted by atomic mass is 9.96. The molecule has 2 rings (SSSR count). The van der Waals surface area contributed by atoms with Crippen LogP contribution in [0, 0.1) is 19.8 Å². The van der Waals surface area contributed by atoms with Gasteiger partial charge in [0.2, 0.25) is 11.8 Å². The zero-order valence-corrected chi connectivity index (χ0v) is 18.1. The van der Waals surface area contributed by atoms with E-state index in [9.17, 15) is 19.5 Å². The molecule has 1 saturated heterocycles. The third-order valence-electron chi connectivity index (χ3n) is 4.74. The predicted octanol–water partition coefficient (Wildman–Crippen LogP) is 1.73. The van der Waals surface area contributed by atoms with E-state index in [2.05, 4.69) is 15.6 Å². The van der Waals surface area contributed by atoms with E-state index >= 15 is 0 Å². The van der Waals surface area contributed by atoms with Gasteiger partial charge in [-0.2, -0.15) is 11.8 Å². The molecule has 0 saturated carbocycles. The lowest BCUT2D eigenvalue weighted by molar-refractivity contribution is -0.142. The maximum atomic E-state index is 12.5. The quantitative estimate of drug-likeness (QED) is 0.549. The number of aryl methyl sites for hydroxylation is 2. The van der Waals surface area contributed by atoms with Gasteiger partial charge in [0.1, 0.15) is 6.04 Å². The Kier molecular flexibility index (Phi) is 8.71. The van der Waals surface area contributed by atoms with Crippen molar-refractivity contribution in [1.82, 2.24) is 15.2 Å². The van der Waals surface area contributed by atoms with Gasteiger partial charge in [-0.1, -0.05) is 0 Å². The summed E-state index contributed by atoms with van der Waals surface area (Å²) in [4.78, 5) is 43.5. The van der Waals surface area contributed by atoms with Crippen LogP contribution in [0.2, 0.25) is 0 Å². The molecule has 0 aliphatic carbocycles. The molecule has 8 nitrogen and oxygen atoms in total. The minimum Gasteiger partial charge on any atom is -0.480 e. The number of aromatic nitrogens is 1. The molecule has 1 aromatic heterocycles. The number of carbonyl (C=O) groups excluding carboxylic acids is 2. The van der Waals surface area contributed by atoms with Crippen molar-refractivity contribution < 1.29 is 19.5 Å². The van der Waals surface area contributed by atoms with Crippen molar-refractivity contribution >= 4 is 46.0 Å². The van der Waals surface area contributed by atoms with Gasteiger partial charge in [-0.25, -0.2) is 9.78 Å². The standard InChI is InChI=1S/C18H28N4O4S2/c1-11-12(2)28-18(19-11)21-15(23)10-22-7-4-5-13(9-22)16(24)20-14(17(25)26)6-8-27-3/h13-14H,4-10H2,1-3H3,(H,20,24)(H,25,26)(H,19,21,23). The van der Waals surface area contributed by atoms with Gasteiger partial charge in [0, 0.05) is 11.4 Å². The van der Waals surface area contributed by atoms with Crippen LogP contribution in [0.1, 0.15) is 29.8 Å². The zero-order chi connectivity index (χ0) is 20.7. The molecule has 2 amide bonds. The smallest absolute Gasteiger partial charge is 0.326 e. The summed E-state index contributed by atoms with van der Waals surface area (Å²) in [6.07, 6.45) is 3.79. The topological polar surface area (TPSA) is 112 Å². The van der Waals surface area contributed by atoms with Crippen LogP contribution in [0.3, 0.4) is 0 Å². The Morgan fingerprint density at radius 1 is 1.39 bits per heavy atom. The van der Waals surface area contributed by atoms with E-state index in [4.69, 9.17) is 0 Å². The van der Waals surface area contributed by atoms with Gasteiger partial charge in [0.05, 0.1) is 18.2 Å². The number of anilines is 1. The average molecular weight is 429 g/mol. The van der Waals surface area contributed by atoms with Crippen molar-refractivity contribution in [3.05, 3.63) is 10.6 Å². The Morgan fingerprint density at radius 2 is 2.14 bits per heavy atom. The van der Waals surface area contributed by atoms with Crippen LogP contribution in [0.5, 0.6) is 0 Å². The lowest BCUT2D eigenvalue weighted by Crippen LogP contribution is -2.49. The molecule has 3 N–H and O–H groups in total. The molecule has 156 valence electrons. The number of carboxylic acid groups (broad SMARTS) is 1. The number of aliphatic carboxylic acids is 1. The van der Waals surface area contributed by atoms with Gasteiger partial charge in [-0.15, -0.1) is 11.3 Å². The fraction of sp³-hybridized carbons (Fsp3) is 0.667. The van der Waals surface area contributed by atoms with Gasteiger partial charge >= 0.3 is 5.97 Å². The van der Waals surface area contributed by atoms with Crippen LogP contribution >= 0.6 is 23.1 Å². The number of hydrogen-bond acceptors (Lipinski definition) is 7. The average Bonchev–Trinajstić information content (AvgIpc) is 2.95. The monoisotopic (exact) mass is 428 g/mol. The van der Waals surface area contributed by atoms with Gasteiger partial charge < -0.3 is 15.7 Å². The highest BCUT2D eigenvalue weighted by molar-refractivity contribution is 7.98. The maximum Gasteiger partial charge on any atom is 0.326 e. The molecule has 1 aromatic rings. The molecule has 0 radical (unpaired) electrons. The highest BCUT2D eigenvalue weighted by Crippen LogP contribution is 2.21. The van der Waals surface area contributed by atoms with Gasteiger partial charge in [-0.3, -0.25) is 14.5 Å². The van der Waals surface area contributed by atoms with Crippen molar-refractivity contribution in [3.63, 3.8) is 0 Å². The molecule has 2 unspecified atom stereocenters. The fourth-order valence-electron chi connectivity index (χ4n) is 3.08. The first-order valence-electron chi connectivity index (χ1n) is 9.28. The van der Waals surface area contributed by atoms with Crippen molar-refractivity contribution in [2.45, 2.75) is 39.2 Å². The number of piperidine rings is 1. The molecular formula is C18H28N4O4S2. The maximum absolute atomic E-state index is 12.5. The number of carbonyl (C=O) groups is 3. The second kappa shape index (κ2) is 10.8. The highest BCUT2D eigenvalue weighted by atomic mass is 32.2. The number of thiazole rings is 1. The molecule has 1 fully saturated rings. The Morgan fingerprint density at radius 3 is 2.75 bits per heavy atom. The number of amides is 2. The Hall–Kier alpha value is -1.65. The van der Waals surface area contributed by atoms with Crippen LogP contribution < -0.4 is 10.6 Å². The van der Waals surface area contributed by atoms with Gasteiger partial charge in [0.15, 0.2) is 5.13 Å². The molecule has 0 bridgehead atoms. The number of carboxylic acids is 1. The van der Waals surface area contributed by atoms with Crippen LogP contribution in [-0.4, -0.2) is 70.5 Å². The number of thioether (sulfide) groups is 1. The van der Waals surface area contributed by atoms with Crippen LogP contribution in [-0.2, 0) is 14.4 Å². The van der Waals surface area contributed by atoms with E-state index < -0.39 is 12.0 Å². The third-order valence-corrected chi connectivity index (χ3v) is 6.38. The second-order valence-corrected chi connectivity index (χ2v) is 9.15. The zero-order valence-electron chi connectivity index (χ0n) is 16.5. The second-order valence-electron chi connectivity index (χ2n) is 6.96. The van der Waals surface area contributed by atoms with E-state index in [1.807, 2.05) is 25.0 Å². The predicted molar refractivity (Wildman–Crippen MR) is 112 cm³/mol. The van der Waals surface area contributed by atoms with E-state index in [1.165, 1.54) is 11.3 Å². The van der Waals surface area contributed by atoms with E-state index in [-0.39, 0.29) is 24.3 Å². The normalized spacial score (nSPS) is 18.5. The third kappa shape index (κ3) is 6.75. The molecule has 0 spiro atoms. The summed E-state index contributed by atoms with van der Waals surface area (Å²) in [5.74, 6) is -1.04. The Bertz CT molecular complexity index is 690. The highest BCUT2D eigenvalue weighted by Gasteiger charge is 2.29. The number of rotatable bonds is 9. The van der Waals surface area contributed by atoms with Crippen LogP contribution in [0.4, 0.5) is 5.13 Å². The number of nitrogens with one attached hydrogen (secondary N) is 2. The molecule has 2 atom stereocenters. The summed E-state index contributed by atoms with van der Waals surface area (Å²) in [6.45, 7) is 5.24. The van der Waals surface area contributed by atoms with Crippen LogP contribution in [0.25, 0.3) is 0 Å². The molecule has 1 aliphatic rings. The largest absolute Gasteiger partial charge is 0.480 e. The molecule has 28 heavy (non-hydrogen) atoms. The first kappa shape index (κ1) is 22.6. The first-order valence-corrected chi connectivity index (χ1v) is 11.5. The molecule has 10 heteroatoms. The minimum atomic E-state index is -1.01. The Labute approximate surface area is 173 Å². The van der Waals surface area contributed by atoms with Gasteiger partial charge in [0.25, 0.3) is 0 Å². The van der Waals surface area contributed by atoms with E-state index in [1.54, 1.807) is 11.8 Å².